The first-order valence-electron chi connectivity index (χ1n) is 4.53. The minimum absolute atomic E-state index is 0.479. The molecule has 20 heavy (non-hydrogen) atoms. The van der Waals surface area contributed by atoms with Crippen molar-refractivity contribution in [1.82, 2.24) is 0 Å². The smallest absolute Gasteiger partial charge is 0.475 e. The molecule has 0 aliphatic carbocycles. The molecule has 0 unspecified atom stereocenters. The van der Waals surface area contributed by atoms with Crippen LogP contribution in [-0.4, -0.2) is 17.3 Å². The monoisotopic (exact) mass is 308 g/mol. The highest BCUT2D eigenvalue weighted by molar-refractivity contribution is 5.73. The quantitative estimate of drug-likeness (QED) is 0.424. The van der Waals surface area contributed by atoms with E-state index in [2.05, 4.69) is 0 Å². The number of hydrazine groups is 1. The molecule has 1 aromatic rings. The molecule has 0 fully saturated rings. The number of hydrogen-bond acceptors (Lipinski definition) is 3. The molecule has 0 bridgehead atoms. The molecule has 4 nitrogen and oxygen atoms in total. The average molecular weight is 308 g/mol. The normalized spacial score (nSPS) is 11.4. The number of alkyl halides is 6. The Hall–Kier alpha value is -2.04. The van der Waals surface area contributed by atoms with Crippen molar-refractivity contribution in [2.45, 2.75) is 12.4 Å². The zero-order valence-electron chi connectivity index (χ0n) is 9.31. The third-order valence-electron chi connectivity index (χ3n) is 1.69. The van der Waals surface area contributed by atoms with E-state index in [0.717, 1.165) is 6.07 Å². The summed E-state index contributed by atoms with van der Waals surface area (Å²) in [6.45, 7) is 0. The second kappa shape index (κ2) is 6.41. The van der Waals surface area contributed by atoms with E-state index in [9.17, 15) is 30.7 Å². The van der Waals surface area contributed by atoms with Gasteiger partial charge in [0, 0.05) is 0 Å². The Balaban J connectivity index is 0.000000441. The van der Waals surface area contributed by atoms with Crippen LogP contribution in [0.1, 0.15) is 5.56 Å². The lowest BCUT2D eigenvalue weighted by Crippen LogP contribution is -2.21. The van der Waals surface area contributed by atoms with Crippen LogP contribution in [-0.2, 0) is 11.0 Å². The van der Waals surface area contributed by atoms with E-state index in [0.29, 0.717) is 12.1 Å². The molecule has 0 aromatic heterocycles. The Morgan fingerprint density at radius 2 is 1.60 bits per heavy atom. The molecule has 1 aromatic carbocycles. The van der Waals surface area contributed by atoms with Crippen LogP contribution in [0.25, 0.3) is 0 Å². The molecule has 114 valence electrons. The Bertz CT molecular complexity index is 470. The SMILES string of the molecule is NNc1cc(F)ccc1C(F)(F)F.O=C(O)C(F)(F)F. The molecule has 0 aliphatic heterocycles. The molecule has 0 saturated heterocycles. The summed E-state index contributed by atoms with van der Waals surface area (Å²) >= 11 is 0. The van der Waals surface area contributed by atoms with Crippen LogP contribution in [0.3, 0.4) is 0 Å². The predicted molar refractivity (Wildman–Crippen MR) is 52.9 cm³/mol. The fraction of sp³-hybridized carbons (Fsp3) is 0.222. The molecule has 0 radical (unpaired) electrons. The van der Waals surface area contributed by atoms with Gasteiger partial charge in [0.25, 0.3) is 0 Å². The van der Waals surface area contributed by atoms with Crippen molar-refractivity contribution < 1.29 is 40.6 Å². The number of nitrogen functional groups attached to an aromatic ring is 1. The molecule has 0 atom stereocenters. The zero-order valence-corrected chi connectivity index (χ0v) is 9.31. The Morgan fingerprint density at radius 3 is 1.90 bits per heavy atom. The van der Waals surface area contributed by atoms with Gasteiger partial charge in [0.05, 0.1) is 11.3 Å². The van der Waals surface area contributed by atoms with Crippen LogP contribution >= 0.6 is 0 Å². The van der Waals surface area contributed by atoms with Gasteiger partial charge in [0.1, 0.15) is 5.82 Å². The number of carboxylic acids is 1. The number of halogens is 7. The molecule has 0 spiro atoms. The number of nitrogens with two attached hydrogens (primary N) is 1. The largest absolute Gasteiger partial charge is 0.490 e. The molecule has 0 aliphatic rings. The lowest BCUT2D eigenvalue weighted by Gasteiger charge is -2.11. The van der Waals surface area contributed by atoms with Crippen molar-refractivity contribution in [3.8, 4) is 0 Å². The summed E-state index contributed by atoms with van der Waals surface area (Å²) in [5, 5.41) is 7.12. The van der Waals surface area contributed by atoms with E-state index in [-0.39, 0.29) is 0 Å². The van der Waals surface area contributed by atoms with Gasteiger partial charge in [-0.1, -0.05) is 0 Å². The van der Waals surface area contributed by atoms with Crippen LogP contribution in [0.15, 0.2) is 18.2 Å². The van der Waals surface area contributed by atoms with Crippen molar-refractivity contribution in [2.75, 3.05) is 5.43 Å². The molecule has 0 amide bonds. The second-order valence-electron chi connectivity index (χ2n) is 3.13. The minimum Gasteiger partial charge on any atom is -0.475 e. The van der Waals surface area contributed by atoms with E-state index < -0.39 is 35.4 Å². The van der Waals surface area contributed by atoms with Gasteiger partial charge in [0.15, 0.2) is 0 Å². The Labute approximate surface area is 107 Å². The lowest BCUT2D eigenvalue weighted by atomic mass is 10.1. The number of aliphatic carboxylic acids is 1. The summed E-state index contributed by atoms with van der Waals surface area (Å²) in [4.78, 5) is 8.90. The molecule has 0 heterocycles. The minimum atomic E-state index is -5.08. The van der Waals surface area contributed by atoms with E-state index >= 15 is 0 Å². The number of anilines is 1. The van der Waals surface area contributed by atoms with Crippen LogP contribution in [0.2, 0.25) is 0 Å². The average Bonchev–Trinajstić information content (AvgIpc) is 2.26. The summed E-state index contributed by atoms with van der Waals surface area (Å²) in [5.41, 5.74) is 0.314. The number of carbonyl (C=O) groups is 1. The van der Waals surface area contributed by atoms with Gasteiger partial charge in [0.2, 0.25) is 0 Å². The third-order valence-corrected chi connectivity index (χ3v) is 1.69. The maximum atomic E-state index is 12.5. The summed E-state index contributed by atoms with van der Waals surface area (Å²) in [6.07, 6.45) is -9.62. The first-order chi connectivity index (χ1) is 8.89. The number of benzene rings is 1. The predicted octanol–water partition coefficient (Wildman–Crippen LogP) is 2.76. The lowest BCUT2D eigenvalue weighted by molar-refractivity contribution is -0.192. The fourth-order valence-electron chi connectivity index (χ4n) is 0.883. The topological polar surface area (TPSA) is 75.3 Å². The van der Waals surface area contributed by atoms with Gasteiger partial charge >= 0.3 is 18.3 Å². The first kappa shape index (κ1) is 18.0. The van der Waals surface area contributed by atoms with Gasteiger partial charge in [-0.2, -0.15) is 26.3 Å². The molecule has 1 rings (SSSR count). The maximum absolute atomic E-state index is 12.5. The van der Waals surface area contributed by atoms with Crippen molar-refractivity contribution in [1.29, 1.82) is 0 Å². The van der Waals surface area contributed by atoms with Crippen molar-refractivity contribution in [3.05, 3.63) is 29.6 Å². The number of rotatable bonds is 1. The Morgan fingerprint density at radius 1 is 1.15 bits per heavy atom. The van der Waals surface area contributed by atoms with Crippen molar-refractivity contribution in [3.63, 3.8) is 0 Å². The molecule has 0 saturated carbocycles. The summed E-state index contributed by atoms with van der Waals surface area (Å²) < 4.78 is 80.6. The van der Waals surface area contributed by atoms with Crippen LogP contribution < -0.4 is 11.3 Å². The van der Waals surface area contributed by atoms with Gasteiger partial charge in [-0.15, -0.1) is 0 Å². The standard InChI is InChI=1S/C7H6F4N2.C2HF3O2/c8-4-1-2-5(7(9,10)11)6(3-4)13-12;3-2(4,5)1(6)7/h1-3,13H,12H2;(H,6,7). The van der Waals surface area contributed by atoms with Crippen LogP contribution in [0, 0.1) is 5.82 Å². The highest BCUT2D eigenvalue weighted by Gasteiger charge is 2.38. The van der Waals surface area contributed by atoms with Crippen LogP contribution in [0.4, 0.5) is 36.4 Å². The number of nitrogens with one attached hydrogen (secondary N) is 1. The number of hydrogen-bond donors (Lipinski definition) is 3. The summed E-state index contributed by atoms with van der Waals surface area (Å²) in [6, 6.07) is 2.04. The van der Waals surface area contributed by atoms with E-state index in [4.69, 9.17) is 15.7 Å². The number of carboxylic acid groups (broad SMARTS) is 1. The van der Waals surface area contributed by atoms with E-state index in [1.54, 1.807) is 5.43 Å². The van der Waals surface area contributed by atoms with Crippen molar-refractivity contribution in [2.24, 2.45) is 5.84 Å². The van der Waals surface area contributed by atoms with Gasteiger partial charge in [-0.25, -0.2) is 9.18 Å². The van der Waals surface area contributed by atoms with E-state index in [1.165, 1.54) is 0 Å². The van der Waals surface area contributed by atoms with Gasteiger partial charge in [-0.3, -0.25) is 5.84 Å². The highest BCUT2D eigenvalue weighted by Crippen LogP contribution is 2.34. The van der Waals surface area contributed by atoms with Gasteiger partial charge in [-0.05, 0) is 18.2 Å². The summed E-state index contributed by atoms with van der Waals surface area (Å²) in [7, 11) is 0. The maximum Gasteiger partial charge on any atom is 0.490 e. The third kappa shape index (κ3) is 5.73. The highest BCUT2D eigenvalue weighted by atomic mass is 19.4. The molecule has 4 N–H and O–H groups in total. The van der Waals surface area contributed by atoms with Crippen LogP contribution in [0.5, 0.6) is 0 Å². The Kier molecular flexibility index (Phi) is 5.76. The van der Waals surface area contributed by atoms with E-state index in [1.807, 2.05) is 0 Å². The molecular formula is C9H7F7N2O2. The molecular weight excluding hydrogens is 301 g/mol. The van der Waals surface area contributed by atoms with Crippen molar-refractivity contribution >= 4 is 11.7 Å². The molecule has 11 heteroatoms. The second-order valence-corrected chi connectivity index (χ2v) is 3.13. The fourth-order valence-corrected chi connectivity index (χ4v) is 0.883. The zero-order chi connectivity index (χ0) is 16.1. The first-order valence-corrected chi connectivity index (χ1v) is 4.53. The summed E-state index contributed by atoms with van der Waals surface area (Å²) in [5.74, 6) is 1.27. The van der Waals surface area contributed by atoms with Gasteiger partial charge < -0.3 is 10.5 Å².